The third kappa shape index (κ3) is 2.06. The molecule has 1 N–H and O–H groups in total. The summed E-state index contributed by atoms with van der Waals surface area (Å²) in [4.78, 5) is 6.71. The minimum atomic E-state index is -0.339. The Kier molecular flexibility index (Phi) is 3.12. The second kappa shape index (κ2) is 4.63. The van der Waals surface area contributed by atoms with Gasteiger partial charge in [-0.2, -0.15) is 0 Å². The molecule has 0 aliphatic carbocycles. The predicted molar refractivity (Wildman–Crippen MR) is 71.2 cm³/mol. The Morgan fingerprint density at radius 2 is 1.94 bits per heavy atom. The minimum absolute atomic E-state index is 0.339. The van der Waals surface area contributed by atoms with Crippen molar-refractivity contribution in [2.24, 2.45) is 5.92 Å². The van der Waals surface area contributed by atoms with E-state index in [0.717, 1.165) is 24.0 Å². The van der Waals surface area contributed by atoms with Gasteiger partial charge in [0, 0.05) is 24.5 Å². The molecule has 0 saturated carbocycles. The third-order valence-electron chi connectivity index (χ3n) is 4.82. The Morgan fingerprint density at radius 1 is 1.28 bits per heavy atom. The molecule has 3 heteroatoms. The van der Waals surface area contributed by atoms with Crippen LogP contribution in [0.3, 0.4) is 0 Å². The zero-order valence-corrected chi connectivity index (χ0v) is 11.2. The van der Waals surface area contributed by atoms with E-state index in [4.69, 9.17) is 0 Å². The van der Waals surface area contributed by atoms with E-state index in [1.165, 1.54) is 12.8 Å². The quantitative estimate of drug-likeness (QED) is 0.870. The van der Waals surface area contributed by atoms with E-state index in [1.807, 2.05) is 19.3 Å². The van der Waals surface area contributed by atoms with Crippen molar-refractivity contribution in [1.82, 2.24) is 9.88 Å². The molecular weight excluding hydrogens is 224 g/mol. The molecule has 3 rings (SSSR count). The van der Waals surface area contributed by atoms with Gasteiger partial charge in [-0.15, -0.1) is 0 Å². The number of piperidine rings is 1. The van der Waals surface area contributed by atoms with Crippen LogP contribution in [-0.2, 0) is 0 Å². The Labute approximate surface area is 109 Å². The summed E-state index contributed by atoms with van der Waals surface area (Å²) in [5.41, 5.74) is 2.12. The van der Waals surface area contributed by atoms with E-state index in [9.17, 15) is 5.11 Å². The van der Waals surface area contributed by atoms with Crippen molar-refractivity contribution < 1.29 is 5.11 Å². The van der Waals surface area contributed by atoms with E-state index in [0.29, 0.717) is 18.0 Å². The zero-order valence-electron chi connectivity index (χ0n) is 11.2. The second-order valence-electron chi connectivity index (χ2n) is 6.02. The van der Waals surface area contributed by atoms with Crippen molar-refractivity contribution in [2.45, 2.75) is 50.8 Å². The molecule has 3 unspecified atom stereocenters. The van der Waals surface area contributed by atoms with E-state index < -0.39 is 0 Å². The van der Waals surface area contributed by atoms with Gasteiger partial charge in [-0.25, -0.2) is 0 Å². The Hall–Kier alpha value is -0.930. The molecule has 3 atom stereocenters. The van der Waals surface area contributed by atoms with Gasteiger partial charge in [0.25, 0.3) is 0 Å². The van der Waals surface area contributed by atoms with Crippen LogP contribution in [0.25, 0.3) is 0 Å². The predicted octanol–water partition coefficient (Wildman–Crippen LogP) is 2.30. The highest BCUT2D eigenvalue weighted by Gasteiger charge is 2.40. The van der Waals surface area contributed by atoms with Crippen LogP contribution in [0.1, 0.15) is 42.9 Å². The normalized spacial score (nSPS) is 33.6. The SMILES string of the molecule is Cc1cncc(C(O)C2CC3CCC(C2)N3C)c1. The Morgan fingerprint density at radius 3 is 2.56 bits per heavy atom. The summed E-state index contributed by atoms with van der Waals surface area (Å²) in [5.74, 6) is 0.405. The molecule has 2 aliphatic rings. The van der Waals surface area contributed by atoms with E-state index >= 15 is 0 Å². The number of aryl methyl sites for hydroxylation is 1. The number of aliphatic hydroxyl groups is 1. The number of aliphatic hydroxyl groups excluding tert-OH is 1. The molecule has 0 amide bonds. The maximum Gasteiger partial charge on any atom is 0.0834 e. The van der Waals surface area contributed by atoms with Gasteiger partial charge in [0.1, 0.15) is 0 Å². The fourth-order valence-corrected chi connectivity index (χ4v) is 3.72. The smallest absolute Gasteiger partial charge is 0.0834 e. The molecule has 1 aromatic rings. The van der Waals surface area contributed by atoms with E-state index in [1.54, 1.807) is 0 Å². The first-order chi connectivity index (χ1) is 8.65. The minimum Gasteiger partial charge on any atom is -0.388 e. The third-order valence-corrected chi connectivity index (χ3v) is 4.82. The zero-order chi connectivity index (χ0) is 12.7. The molecular formula is C15H22N2O. The summed E-state index contributed by atoms with van der Waals surface area (Å²) in [6.45, 7) is 2.03. The molecule has 1 aromatic heterocycles. The van der Waals surface area contributed by atoms with Crippen molar-refractivity contribution in [3.63, 3.8) is 0 Å². The molecule has 0 radical (unpaired) electrons. The molecule has 18 heavy (non-hydrogen) atoms. The lowest BCUT2D eigenvalue weighted by molar-refractivity contribution is 0.0354. The number of pyridine rings is 1. The lowest BCUT2D eigenvalue weighted by Gasteiger charge is -2.38. The van der Waals surface area contributed by atoms with Gasteiger partial charge >= 0.3 is 0 Å². The molecule has 0 aromatic carbocycles. The van der Waals surface area contributed by atoms with Crippen LogP contribution < -0.4 is 0 Å². The molecule has 2 fully saturated rings. The Balaban J connectivity index is 1.76. The van der Waals surface area contributed by atoms with Gasteiger partial charge in [0.05, 0.1) is 6.10 Å². The van der Waals surface area contributed by atoms with Crippen LogP contribution in [0, 0.1) is 12.8 Å². The van der Waals surface area contributed by atoms with Crippen molar-refractivity contribution in [3.05, 3.63) is 29.6 Å². The van der Waals surface area contributed by atoms with E-state index in [-0.39, 0.29) is 6.10 Å². The van der Waals surface area contributed by atoms with Crippen molar-refractivity contribution >= 4 is 0 Å². The fraction of sp³-hybridized carbons (Fsp3) is 0.667. The number of hydrogen-bond donors (Lipinski definition) is 1. The topological polar surface area (TPSA) is 36.4 Å². The molecule has 0 spiro atoms. The maximum atomic E-state index is 10.6. The molecule has 3 nitrogen and oxygen atoms in total. The van der Waals surface area contributed by atoms with E-state index in [2.05, 4.69) is 23.0 Å². The standard InChI is InChI=1S/C15H22N2O/c1-10-5-12(9-16-8-10)15(18)11-6-13-3-4-14(7-11)17(13)2/h5,8-9,11,13-15,18H,3-4,6-7H2,1-2H3. The largest absolute Gasteiger partial charge is 0.388 e. The van der Waals surface area contributed by atoms with Crippen molar-refractivity contribution in [2.75, 3.05) is 7.05 Å². The van der Waals surface area contributed by atoms with Crippen molar-refractivity contribution in [3.8, 4) is 0 Å². The summed E-state index contributed by atoms with van der Waals surface area (Å²) in [5, 5.41) is 10.6. The lowest BCUT2D eigenvalue weighted by Crippen LogP contribution is -2.41. The summed E-state index contributed by atoms with van der Waals surface area (Å²) in [6.07, 6.45) is 8.18. The first kappa shape index (κ1) is 12.1. The highest BCUT2D eigenvalue weighted by Crippen LogP contribution is 2.42. The second-order valence-corrected chi connectivity index (χ2v) is 6.02. The van der Waals surface area contributed by atoms with Crippen LogP contribution in [0.2, 0.25) is 0 Å². The summed E-state index contributed by atoms with van der Waals surface area (Å²) >= 11 is 0. The highest BCUT2D eigenvalue weighted by molar-refractivity contribution is 5.20. The summed E-state index contributed by atoms with van der Waals surface area (Å²) < 4.78 is 0. The van der Waals surface area contributed by atoms with Crippen LogP contribution in [0.5, 0.6) is 0 Å². The van der Waals surface area contributed by atoms with Gasteiger partial charge in [-0.3, -0.25) is 4.98 Å². The molecule has 3 heterocycles. The van der Waals surface area contributed by atoms with Gasteiger partial charge in [0.2, 0.25) is 0 Å². The summed E-state index contributed by atoms with van der Waals surface area (Å²) in [6, 6.07) is 3.43. The number of aromatic nitrogens is 1. The fourth-order valence-electron chi connectivity index (χ4n) is 3.72. The van der Waals surface area contributed by atoms with Gasteiger partial charge < -0.3 is 10.0 Å². The van der Waals surface area contributed by atoms with Crippen molar-refractivity contribution in [1.29, 1.82) is 0 Å². The maximum absolute atomic E-state index is 10.6. The number of rotatable bonds is 2. The highest BCUT2D eigenvalue weighted by atomic mass is 16.3. The number of fused-ring (bicyclic) bond motifs is 2. The van der Waals surface area contributed by atoms with Crippen LogP contribution in [-0.4, -0.2) is 34.1 Å². The number of nitrogens with zero attached hydrogens (tertiary/aromatic N) is 2. The molecule has 2 bridgehead atoms. The van der Waals surface area contributed by atoms with Crippen LogP contribution in [0.4, 0.5) is 0 Å². The monoisotopic (exact) mass is 246 g/mol. The van der Waals surface area contributed by atoms with Gasteiger partial charge in [0.15, 0.2) is 0 Å². The number of hydrogen-bond acceptors (Lipinski definition) is 3. The first-order valence-electron chi connectivity index (χ1n) is 6.96. The Bertz CT molecular complexity index is 420. The average Bonchev–Trinajstić information content (AvgIpc) is 2.61. The first-order valence-corrected chi connectivity index (χ1v) is 6.96. The van der Waals surface area contributed by atoms with Crippen LogP contribution >= 0.6 is 0 Å². The molecule has 98 valence electrons. The summed E-state index contributed by atoms with van der Waals surface area (Å²) in [7, 11) is 2.24. The van der Waals surface area contributed by atoms with Crippen LogP contribution in [0.15, 0.2) is 18.5 Å². The van der Waals surface area contributed by atoms with Gasteiger partial charge in [-0.05, 0) is 56.7 Å². The molecule has 2 aliphatic heterocycles. The average molecular weight is 246 g/mol. The lowest BCUT2D eigenvalue weighted by atomic mass is 9.84. The molecule has 2 saturated heterocycles. The van der Waals surface area contributed by atoms with Gasteiger partial charge in [-0.1, -0.05) is 6.07 Å².